The number of aromatic amines is 1. The van der Waals surface area contributed by atoms with Crippen LogP contribution in [-0.4, -0.2) is 74.6 Å². The average molecular weight is 602 g/mol. The molecule has 5 rings (SSSR count). The lowest BCUT2D eigenvalue weighted by atomic mass is 10.1. The number of nitrogens with two attached hydrogens (primary N) is 2. The van der Waals surface area contributed by atoms with Gasteiger partial charge < -0.3 is 36.1 Å². The number of aromatic nitrogens is 3. The fourth-order valence-electron chi connectivity index (χ4n) is 4.26. The largest absolute Gasteiger partial charge is 0.462 e. The lowest BCUT2D eigenvalue weighted by Gasteiger charge is -2.17. The summed E-state index contributed by atoms with van der Waals surface area (Å²) in [5.41, 5.74) is 13.3. The summed E-state index contributed by atoms with van der Waals surface area (Å²) < 4.78 is 41.3. The summed E-state index contributed by atoms with van der Waals surface area (Å²) in [4.78, 5) is 31.0. The van der Waals surface area contributed by atoms with Gasteiger partial charge in [0.25, 0.3) is 10.1 Å². The number of carbonyl (C=O) groups is 1. The van der Waals surface area contributed by atoms with Gasteiger partial charge in [0.05, 0.1) is 4.90 Å². The maximum Gasteiger partial charge on any atom is 0.351 e. The molecule has 3 heterocycles. The molecule has 1 aliphatic rings. The Balaban J connectivity index is 0.000000310. The number of carbonyl (C=O) groups excluding carboxylic acids is 1. The summed E-state index contributed by atoms with van der Waals surface area (Å²) in [7, 11) is -4.02. The van der Waals surface area contributed by atoms with E-state index in [0.717, 1.165) is 26.7 Å². The number of esters is 1. The van der Waals surface area contributed by atoms with Crippen LogP contribution in [0, 0.1) is 6.92 Å². The molecule has 0 amide bonds. The molecule has 8 N–H and O–H groups in total. The minimum Gasteiger partial charge on any atom is -0.462 e. The number of aliphatic hydroxyl groups excluding tert-OH is 2. The second-order valence-electron chi connectivity index (χ2n) is 9.70. The molecule has 14 nitrogen and oxygen atoms in total. The van der Waals surface area contributed by atoms with Crippen molar-refractivity contribution >= 4 is 32.8 Å². The maximum atomic E-state index is 12.3. The van der Waals surface area contributed by atoms with Crippen molar-refractivity contribution in [3.8, 4) is 0 Å². The van der Waals surface area contributed by atoms with Gasteiger partial charge in [0.2, 0.25) is 0 Å². The third-order valence-corrected chi connectivity index (χ3v) is 7.37. The van der Waals surface area contributed by atoms with Crippen molar-refractivity contribution in [3.63, 3.8) is 0 Å². The first-order valence-corrected chi connectivity index (χ1v) is 14.2. The van der Waals surface area contributed by atoms with Crippen molar-refractivity contribution in [2.75, 3.05) is 12.3 Å². The zero-order valence-electron chi connectivity index (χ0n) is 22.4. The number of aliphatic hydroxyl groups is 2. The molecule has 0 aliphatic carbocycles. The van der Waals surface area contributed by atoms with Gasteiger partial charge in [-0.3, -0.25) is 13.9 Å². The van der Waals surface area contributed by atoms with Crippen molar-refractivity contribution in [2.45, 2.75) is 48.8 Å². The van der Waals surface area contributed by atoms with Gasteiger partial charge in [0.1, 0.15) is 36.8 Å². The van der Waals surface area contributed by atoms with Crippen molar-refractivity contribution in [1.29, 1.82) is 0 Å². The molecule has 1 aliphatic heterocycles. The zero-order chi connectivity index (χ0) is 30.6. The number of para-hydroxylation sites is 1. The highest BCUT2D eigenvalue weighted by molar-refractivity contribution is 7.85. The molecule has 1 fully saturated rings. The number of aryl methyl sites for hydroxylation is 1. The fraction of sp³-hybridized carbons (Fsp3) is 0.296. The molecule has 1 saturated heterocycles. The lowest BCUT2D eigenvalue weighted by molar-refractivity contribution is -0.151. The van der Waals surface area contributed by atoms with Gasteiger partial charge in [-0.15, -0.1) is 0 Å². The number of nitrogens with one attached hydrogen (secondary N) is 1. The number of H-pyrrole nitrogens is 1. The van der Waals surface area contributed by atoms with E-state index in [1.165, 1.54) is 24.4 Å². The summed E-state index contributed by atoms with van der Waals surface area (Å²) in [6.07, 6.45) is -3.51. The van der Waals surface area contributed by atoms with Gasteiger partial charge in [-0.25, -0.2) is 4.79 Å². The van der Waals surface area contributed by atoms with E-state index in [1.54, 1.807) is 12.1 Å². The van der Waals surface area contributed by atoms with Gasteiger partial charge in [0, 0.05) is 23.8 Å². The highest BCUT2D eigenvalue weighted by Crippen LogP contribution is 2.28. The third-order valence-electron chi connectivity index (χ3n) is 6.50. The van der Waals surface area contributed by atoms with Crippen LogP contribution < -0.4 is 17.2 Å². The van der Waals surface area contributed by atoms with E-state index >= 15 is 0 Å². The zero-order valence-corrected chi connectivity index (χ0v) is 23.2. The van der Waals surface area contributed by atoms with Gasteiger partial charge in [0.15, 0.2) is 6.23 Å². The van der Waals surface area contributed by atoms with E-state index in [-0.39, 0.29) is 23.7 Å². The van der Waals surface area contributed by atoms with Crippen molar-refractivity contribution in [3.05, 3.63) is 88.6 Å². The Morgan fingerprint density at radius 3 is 2.48 bits per heavy atom. The normalized spacial score (nSPS) is 21.0. The van der Waals surface area contributed by atoms with E-state index in [9.17, 15) is 28.2 Å². The molecular formula is C27H31N5O9S. The molecule has 224 valence electrons. The Labute approximate surface area is 240 Å². The van der Waals surface area contributed by atoms with Crippen LogP contribution in [0.4, 0.5) is 5.82 Å². The molecule has 42 heavy (non-hydrogen) atoms. The molecule has 2 aromatic heterocycles. The van der Waals surface area contributed by atoms with Gasteiger partial charge in [-0.1, -0.05) is 35.9 Å². The predicted molar refractivity (Wildman–Crippen MR) is 151 cm³/mol. The van der Waals surface area contributed by atoms with Gasteiger partial charge in [-0.2, -0.15) is 13.4 Å². The third kappa shape index (κ3) is 7.39. The smallest absolute Gasteiger partial charge is 0.351 e. The Bertz CT molecular complexity index is 1670. The van der Waals surface area contributed by atoms with E-state index in [0.29, 0.717) is 0 Å². The second kappa shape index (κ2) is 12.8. The van der Waals surface area contributed by atoms with Crippen LogP contribution in [0.3, 0.4) is 0 Å². The molecule has 0 saturated carbocycles. The van der Waals surface area contributed by atoms with E-state index in [1.807, 2.05) is 37.3 Å². The van der Waals surface area contributed by atoms with Crippen LogP contribution in [0.5, 0.6) is 0 Å². The standard InChI is InChI=1S/C20H23N5O6.C7H8O3S/c21-12(8-11-7-10-3-1-2-4-13(10)23-11)19(28)30-9-14-16(26)17(27)18(31-14)25-6-5-15(22)24-20(25)29;1-6-2-4-7(5-3-6)11(8,9)10/h1-7,12,14,16-18,23,26-27H,8-9,21H2,(H2,22,24,29);2-5H,1H3,(H,8,9,10)/t12-,14-,16-,17+,18-;/m1./s1. The van der Waals surface area contributed by atoms with E-state index in [2.05, 4.69) is 9.97 Å². The second-order valence-corrected chi connectivity index (χ2v) is 11.1. The van der Waals surface area contributed by atoms with E-state index < -0.39 is 52.4 Å². The van der Waals surface area contributed by atoms with Crippen LogP contribution in [0.25, 0.3) is 10.9 Å². The number of rotatable bonds is 7. The predicted octanol–water partition coefficient (Wildman–Crippen LogP) is 0.281. The number of fused-ring (bicyclic) bond motifs is 1. The fourth-order valence-corrected chi connectivity index (χ4v) is 4.74. The number of anilines is 1. The summed E-state index contributed by atoms with van der Waals surface area (Å²) in [5, 5.41) is 21.5. The van der Waals surface area contributed by atoms with Crippen LogP contribution in [-0.2, 0) is 30.8 Å². The number of hydrogen-bond acceptors (Lipinski definition) is 11. The van der Waals surface area contributed by atoms with Gasteiger partial charge >= 0.3 is 11.7 Å². The Hall–Kier alpha value is -4.12. The molecule has 0 bridgehead atoms. The number of benzene rings is 2. The quantitative estimate of drug-likeness (QED) is 0.124. The SMILES string of the molecule is Cc1ccc(S(=O)(=O)O)cc1.Nc1ccn([C@@H]2O[C@H](COC(=O)[C@H](N)Cc3cc4ccccc4[nH]3)[C@@H](O)[C@@H]2O)c(=O)n1. The van der Waals surface area contributed by atoms with Crippen LogP contribution in [0.1, 0.15) is 17.5 Å². The highest BCUT2D eigenvalue weighted by Gasteiger charge is 2.44. The van der Waals surface area contributed by atoms with Crippen molar-refractivity contribution in [2.24, 2.45) is 5.73 Å². The maximum absolute atomic E-state index is 12.3. The Kier molecular flexibility index (Phi) is 9.40. The Morgan fingerprint density at radius 2 is 1.83 bits per heavy atom. The minimum absolute atomic E-state index is 0.0173. The summed E-state index contributed by atoms with van der Waals surface area (Å²) in [6.45, 7) is 1.50. The van der Waals surface area contributed by atoms with Crippen LogP contribution in [0.2, 0.25) is 0 Å². The minimum atomic E-state index is -4.02. The number of nitrogen functional groups attached to an aromatic ring is 1. The molecule has 15 heteroatoms. The summed E-state index contributed by atoms with van der Waals surface area (Å²) >= 11 is 0. The monoisotopic (exact) mass is 601 g/mol. The Morgan fingerprint density at radius 1 is 1.14 bits per heavy atom. The molecule has 0 spiro atoms. The topological polar surface area (TPSA) is 233 Å². The highest BCUT2D eigenvalue weighted by atomic mass is 32.2. The first kappa shape index (κ1) is 30.8. The molecule has 4 aromatic rings. The number of nitrogens with zero attached hydrogens (tertiary/aromatic N) is 2. The first-order chi connectivity index (χ1) is 19.8. The van der Waals surface area contributed by atoms with E-state index in [4.69, 9.17) is 25.5 Å². The molecule has 0 radical (unpaired) electrons. The molecule has 5 atom stereocenters. The molecule has 2 aromatic carbocycles. The lowest BCUT2D eigenvalue weighted by Crippen LogP contribution is -2.39. The van der Waals surface area contributed by atoms with Crippen molar-refractivity contribution < 1.29 is 37.5 Å². The van der Waals surface area contributed by atoms with Crippen LogP contribution >= 0.6 is 0 Å². The summed E-state index contributed by atoms with van der Waals surface area (Å²) in [6, 6.07) is 16.0. The average Bonchev–Trinajstić information content (AvgIpc) is 3.47. The first-order valence-electron chi connectivity index (χ1n) is 12.7. The molecular weight excluding hydrogens is 570 g/mol. The van der Waals surface area contributed by atoms with Crippen molar-refractivity contribution in [1.82, 2.24) is 14.5 Å². The van der Waals surface area contributed by atoms with Crippen LogP contribution in [0.15, 0.2) is 76.6 Å². The summed E-state index contributed by atoms with van der Waals surface area (Å²) in [5.74, 6) is -0.664. The van der Waals surface area contributed by atoms with Gasteiger partial charge in [-0.05, 0) is 42.6 Å². The number of hydrogen-bond donors (Lipinski definition) is 6. The molecule has 0 unspecified atom stereocenters. The number of ether oxygens (including phenoxy) is 2.